The Morgan fingerprint density at radius 2 is 2.10 bits per heavy atom. The van der Waals surface area contributed by atoms with E-state index in [1.165, 1.54) is 0 Å². The topological polar surface area (TPSA) is 73.8 Å². The molecule has 1 aromatic heterocycles. The average Bonchev–Trinajstić information content (AvgIpc) is 2.83. The van der Waals surface area contributed by atoms with Gasteiger partial charge in [0, 0.05) is 6.54 Å². The van der Waals surface area contributed by atoms with E-state index >= 15 is 0 Å². The van der Waals surface area contributed by atoms with Gasteiger partial charge in [0.05, 0.1) is 21.9 Å². The molecule has 0 aliphatic carbocycles. The first-order chi connectivity index (χ1) is 9.49. The summed E-state index contributed by atoms with van der Waals surface area (Å²) in [6.45, 7) is 2.21. The Morgan fingerprint density at radius 3 is 2.65 bits per heavy atom. The number of nitrogens with zero attached hydrogens (tertiary/aromatic N) is 4. The van der Waals surface area contributed by atoms with E-state index in [4.69, 9.17) is 0 Å². The van der Waals surface area contributed by atoms with Crippen molar-refractivity contribution in [2.75, 3.05) is 0 Å². The Morgan fingerprint density at radius 1 is 1.40 bits per heavy atom. The molecule has 0 fully saturated rings. The zero-order valence-electron chi connectivity index (χ0n) is 10.3. The lowest BCUT2D eigenvalue weighted by Crippen LogP contribution is -2.04. The molecule has 20 heavy (non-hydrogen) atoms. The van der Waals surface area contributed by atoms with E-state index in [-0.39, 0.29) is 11.4 Å². The van der Waals surface area contributed by atoms with Crippen molar-refractivity contribution in [3.05, 3.63) is 39.7 Å². The number of halogens is 3. The van der Waals surface area contributed by atoms with E-state index in [1.54, 1.807) is 11.5 Å². The van der Waals surface area contributed by atoms with Gasteiger partial charge in [-0.3, -0.25) is 10.1 Å². The van der Waals surface area contributed by atoms with Crippen LogP contribution in [-0.4, -0.2) is 19.7 Å². The van der Waals surface area contributed by atoms with Gasteiger partial charge in [-0.25, -0.2) is 4.39 Å². The minimum absolute atomic E-state index is 0.0575. The van der Waals surface area contributed by atoms with Gasteiger partial charge in [-0.1, -0.05) is 15.9 Å². The second-order valence-electron chi connectivity index (χ2n) is 3.86. The van der Waals surface area contributed by atoms with E-state index in [2.05, 4.69) is 26.1 Å². The molecule has 0 unspecified atom stereocenters. The summed E-state index contributed by atoms with van der Waals surface area (Å²) in [6.07, 6.45) is 0. The third-order valence-electron chi connectivity index (χ3n) is 2.72. The van der Waals surface area contributed by atoms with Crippen molar-refractivity contribution in [2.45, 2.75) is 18.8 Å². The van der Waals surface area contributed by atoms with Crippen LogP contribution in [-0.2, 0) is 11.9 Å². The lowest BCUT2D eigenvalue weighted by Gasteiger charge is -2.07. The monoisotopic (exact) mass is 346 g/mol. The number of benzene rings is 1. The van der Waals surface area contributed by atoms with Gasteiger partial charge in [-0.05, 0) is 13.0 Å². The van der Waals surface area contributed by atoms with E-state index in [0.29, 0.717) is 23.8 Å². The molecule has 9 heteroatoms. The minimum Gasteiger partial charge on any atom is -0.310 e. The number of aromatic nitrogens is 3. The quantitative estimate of drug-likeness (QED) is 0.484. The van der Waals surface area contributed by atoms with Crippen LogP contribution >= 0.6 is 15.9 Å². The fourth-order valence-electron chi connectivity index (χ4n) is 1.84. The van der Waals surface area contributed by atoms with Crippen molar-refractivity contribution in [3.63, 3.8) is 0 Å². The molecule has 2 rings (SSSR count). The lowest BCUT2D eigenvalue weighted by molar-refractivity contribution is -0.387. The van der Waals surface area contributed by atoms with Gasteiger partial charge in [-0.15, -0.1) is 10.2 Å². The van der Waals surface area contributed by atoms with Crippen molar-refractivity contribution >= 4 is 21.6 Å². The van der Waals surface area contributed by atoms with Crippen LogP contribution in [0.15, 0.2) is 12.1 Å². The standard InChI is InChI=1S/C11H9BrF2N4O2/c1-2-17-9(5-12)15-16-11(17)7-3-6(13)4-8(10(7)14)18(19)20/h3-4H,2,5H2,1H3. The zero-order valence-corrected chi connectivity index (χ0v) is 11.9. The van der Waals surface area contributed by atoms with Crippen LogP contribution in [0.4, 0.5) is 14.5 Å². The number of nitro groups is 1. The summed E-state index contributed by atoms with van der Waals surface area (Å²) in [7, 11) is 0. The van der Waals surface area contributed by atoms with E-state index in [1.807, 2.05) is 0 Å². The number of hydrogen-bond donors (Lipinski definition) is 0. The molecular formula is C11H9BrF2N4O2. The first kappa shape index (κ1) is 14.5. The van der Waals surface area contributed by atoms with Crippen LogP contribution in [0.3, 0.4) is 0 Å². The van der Waals surface area contributed by atoms with Crippen molar-refractivity contribution < 1.29 is 13.7 Å². The molecule has 0 radical (unpaired) electrons. The Kier molecular flexibility index (Phi) is 4.07. The molecule has 0 saturated heterocycles. The predicted octanol–water partition coefficient (Wildman–Crippen LogP) is 3.05. The third-order valence-corrected chi connectivity index (χ3v) is 3.22. The van der Waals surface area contributed by atoms with Gasteiger partial charge in [-0.2, -0.15) is 4.39 Å². The minimum atomic E-state index is -1.13. The van der Waals surface area contributed by atoms with E-state index in [9.17, 15) is 18.9 Å². The van der Waals surface area contributed by atoms with Gasteiger partial charge in [0.1, 0.15) is 11.6 Å². The maximum atomic E-state index is 14.1. The molecule has 0 aliphatic rings. The molecule has 6 nitrogen and oxygen atoms in total. The number of rotatable bonds is 4. The van der Waals surface area contributed by atoms with E-state index < -0.39 is 22.2 Å². The van der Waals surface area contributed by atoms with Gasteiger partial charge in [0.2, 0.25) is 5.82 Å². The summed E-state index contributed by atoms with van der Waals surface area (Å²) in [4.78, 5) is 9.75. The molecule has 1 heterocycles. The Bertz CT molecular complexity index is 675. The molecule has 0 aliphatic heterocycles. The van der Waals surface area contributed by atoms with Crippen molar-refractivity contribution in [3.8, 4) is 11.4 Å². The van der Waals surface area contributed by atoms with Gasteiger partial charge < -0.3 is 4.57 Å². The SMILES string of the molecule is CCn1c(CBr)nnc1-c1cc(F)cc([N+](=O)[O-])c1F. The molecule has 0 amide bonds. The molecule has 0 spiro atoms. The summed E-state index contributed by atoms with van der Waals surface area (Å²) in [5.41, 5.74) is -1.20. The van der Waals surface area contributed by atoms with Crippen molar-refractivity contribution in [1.29, 1.82) is 0 Å². The summed E-state index contributed by atoms with van der Waals surface area (Å²) < 4.78 is 29.1. The lowest BCUT2D eigenvalue weighted by atomic mass is 10.1. The summed E-state index contributed by atoms with van der Waals surface area (Å²) >= 11 is 3.21. The molecule has 0 atom stereocenters. The Balaban J connectivity index is 2.70. The van der Waals surface area contributed by atoms with Gasteiger partial charge in [0.15, 0.2) is 5.82 Å². The highest BCUT2D eigenvalue weighted by Crippen LogP contribution is 2.30. The van der Waals surface area contributed by atoms with Crippen LogP contribution in [0.25, 0.3) is 11.4 Å². The number of nitro benzene ring substituents is 1. The number of alkyl halides is 1. The molecule has 1 aromatic carbocycles. The molecule has 0 saturated carbocycles. The fraction of sp³-hybridized carbons (Fsp3) is 0.273. The Hall–Kier alpha value is -1.90. The van der Waals surface area contributed by atoms with Crippen LogP contribution in [0.1, 0.15) is 12.7 Å². The maximum Gasteiger partial charge on any atom is 0.308 e. The van der Waals surface area contributed by atoms with Crippen molar-refractivity contribution in [2.24, 2.45) is 0 Å². The summed E-state index contributed by atoms with van der Waals surface area (Å²) in [6, 6.07) is 1.41. The third kappa shape index (κ3) is 2.40. The molecule has 0 N–H and O–H groups in total. The highest BCUT2D eigenvalue weighted by atomic mass is 79.9. The number of hydrogen-bond acceptors (Lipinski definition) is 4. The van der Waals surface area contributed by atoms with Gasteiger partial charge in [0.25, 0.3) is 0 Å². The van der Waals surface area contributed by atoms with Crippen LogP contribution in [0.2, 0.25) is 0 Å². The first-order valence-corrected chi connectivity index (χ1v) is 6.73. The van der Waals surface area contributed by atoms with Crippen LogP contribution < -0.4 is 0 Å². The molecule has 106 valence electrons. The van der Waals surface area contributed by atoms with Gasteiger partial charge >= 0.3 is 5.69 Å². The second kappa shape index (κ2) is 5.61. The maximum absolute atomic E-state index is 14.1. The highest BCUT2D eigenvalue weighted by molar-refractivity contribution is 9.08. The Labute approximate surface area is 120 Å². The summed E-state index contributed by atoms with van der Waals surface area (Å²) in [5, 5.41) is 18.7. The van der Waals surface area contributed by atoms with E-state index in [0.717, 1.165) is 6.07 Å². The normalized spacial score (nSPS) is 10.8. The zero-order chi connectivity index (χ0) is 14.9. The molecular weight excluding hydrogens is 338 g/mol. The van der Waals surface area contributed by atoms with Crippen LogP contribution in [0, 0.1) is 21.7 Å². The van der Waals surface area contributed by atoms with Crippen LogP contribution in [0.5, 0.6) is 0 Å². The summed E-state index contributed by atoms with van der Waals surface area (Å²) in [5.74, 6) is -1.45. The predicted molar refractivity (Wildman–Crippen MR) is 70.3 cm³/mol. The molecule has 2 aromatic rings. The first-order valence-electron chi connectivity index (χ1n) is 5.61. The average molecular weight is 347 g/mol. The largest absolute Gasteiger partial charge is 0.310 e. The smallest absolute Gasteiger partial charge is 0.308 e. The second-order valence-corrected chi connectivity index (χ2v) is 4.42. The highest BCUT2D eigenvalue weighted by Gasteiger charge is 2.24. The van der Waals surface area contributed by atoms with Crippen molar-refractivity contribution in [1.82, 2.24) is 14.8 Å². The fourth-order valence-corrected chi connectivity index (χ4v) is 2.25. The molecule has 0 bridgehead atoms.